The summed E-state index contributed by atoms with van der Waals surface area (Å²) in [7, 11) is 1.92. The van der Waals surface area contributed by atoms with Gasteiger partial charge in [0.15, 0.2) is 4.80 Å². The number of nitrogens with zero attached hydrogens (tertiary/aromatic N) is 2. The summed E-state index contributed by atoms with van der Waals surface area (Å²) >= 11 is 7.37. The van der Waals surface area contributed by atoms with Crippen LogP contribution in [0.2, 0.25) is 5.02 Å². The van der Waals surface area contributed by atoms with Gasteiger partial charge in [0.1, 0.15) is 5.75 Å². The lowest BCUT2D eigenvalue weighted by Gasteiger charge is -2.07. The summed E-state index contributed by atoms with van der Waals surface area (Å²) in [5.41, 5.74) is 2.62. The van der Waals surface area contributed by atoms with Crippen molar-refractivity contribution in [3.8, 4) is 17.0 Å². The van der Waals surface area contributed by atoms with Crippen LogP contribution in [-0.2, 0) is 7.05 Å². The topological polar surface area (TPSA) is 43.6 Å². The molecule has 0 fully saturated rings. The SMILES string of the molecule is CCOc1ccc(-c2c(C)sc(=NC(=O)c3ccc(Cl)cc3)n2C)cc1. The van der Waals surface area contributed by atoms with Crippen LogP contribution >= 0.6 is 22.9 Å². The molecule has 0 saturated carbocycles. The Kier molecular flexibility index (Phi) is 5.59. The summed E-state index contributed by atoms with van der Waals surface area (Å²) in [4.78, 5) is 18.5. The van der Waals surface area contributed by atoms with Gasteiger partial charge in [-0.15, -0.1) is 11.3 Å². The van der Waals surface area contributed by atoms with Crippen LogP contribution in [0.5, 0.6) is 5.75 Å². The second-order valence-corrected chi connectivity index (χ2v) is 7.35. The van der Waals surface area contributed by atoms with E-state index in [1.165, 1.54) is 11.3 Å². The smallest absolute Gasteiger partial charge is 0.279 e. The van der Waals surface area contributed by atoms with Crippen LogP contribution in [0.1, 0.15) is 22.2 Å². The molecular formula is C20H19ClN2O2S. The maximum absolute atomic E-state index is 12.4. The third kappa shape index (κ3) is 3.89. The van der Waals surface area contributed by atoms with Gasteiger partial charge in [-0.2, -0.15) is 4.99 Å². The first-order valence-corrected chi connectivity index (χ1v) is 9.43. The fourth-order valence-electron chi connectivity index (χ4n) is 2.70. The average molecular weight is 387 g/mol. The number of halogens is 1. The van der Waals surface area contributed by atoms with E-state index >= 15 is 0 Å². The fourth-order valence-corrected chi connectivity index (χ4v) is 3.81. The van der Waals surface area contributed by atoms with E-state index in [1.807, 2.05) is 49.7 Å². The lowest BCUT2D eigenvalue weighted by molar-refractivity contribution is 0.0998. The van der Waals surface area contributed by atoms with Crippen molar-refractivity contribution in [2.24, 2.45) is 12.0 Å². The highest BCUT2D eigenvalue weighted by Gasteiger charge is 2.12. The van der Waals surface area contributed by atoms with E-state index in [9.17, 15) is 4.79 Å². The zero-order chi connectivity index (χ0) is 18.7. The number of carbonyl (C=O) groups is 1. The third-order valence-corrected chi connectivity index (χ3v) is 5.23. The summed E-state index contributed by atoms with van der Waals surface area (Å²) in [6, 6.07) is 14.7. The third-order valence-electron chi connectivity index (χ3n) is 3.93. The Labute approximate surface area is 161 Å². The van der Waals surface area contributed by atoms with E-state index in [0.717, 1.165) is 21.9 Å². The van der Waals surface area contributed by atoms with Crippen LogP contribution in [-0.4, -0.2) is 17.1 Å². The lowest BCUT2D eigenvalue weighted by atomic mass is 10.1. The Bertz CT molecular complexity index is 986. The summed E-state index contributed by atoms with van der Waals surface area (Å²) < 4.78 is 7.44. The fraction of sp³-hybridized carbons (Fsp3) is 0.200. The van der Waals surface area contributed by atoms with Crippen LogP contribution in [0.25, 0.3) is 11.3 Å². The minimum Gasteiger partial charge on any atom is -0.494 e. The molecule has 3 aromatic rings. The van der Waals surface area contributed by atoms with Crippen LogP contribution in [0.3, 0.4) is 0 Å². The predicted molar refractivity (Wildman–Crippen MR) is 106 cm³/mol. The van der Waals surface area contributed by atoms with Gasteiger partial charge in [-0.3, -0.25) is 4.79 Å². The molecule has 0 aliphatic carbocycles. The molecule has 0 atom stereocenters. The van der Waals surface area contributed by atoms with Crippen molar-refractivity contribution in [2.75, 3.05) is 6.61 Å². The Morgan fingerprint density at radius 1 is 1.15 bits per heavy atom. The molecule has 1 heterocycles. The minimum atomic E-state index is -0.281. The van der Waals surface area contributed by atoms with Gasteiger partial charge in [0, 0.05) is 22.5 Å². The maximum Gasteiger partial charge on any atom is 0.279 e. The normalized spacial score (nSPS) is 11.6. The molecule has 0 aliphatic rings. The molecule has 1 amide bonds. The molecule has 3 rings (SSSR count). The van der Waals surface area contributed by atoms with Crippen molar-refractivity contribution < 1.29 is 9.53 Å². The number of carbonyl (C=O) groups excluding carboxylic acids is 1. The summed E-state index contributed by atoms with van der Waals surface area (Å²) in [6.45, 7) is 4.63. The van der Waals surface area contributed by atoms with Crippen LogP contribution in [0, 0.1) is 6.92 Å². The lowest BCUT2D eigenvalue weighted by Crippen LogP contribution is -2.14. The van der Waals surface area contributed by atoms with Crippen molar-refractivity contribution in [1.82, 2.24) is 4.57 Å². The van der Waals surface area contributed by atoms with E-state index in [2.05, 4.69) is 4.99 Å². The maximum atomic E-state index is 12.4. The van der Waals surface area contributed by atoms with Crippen LogP contribution in [0.15, 0.2) is 53.5 Å². The summed E-state index contributed by atoms with van der Waals surface area (Å²) in [6.07, 6.45) is 0. The van der Waals surface area contributed by atoms with Crippen LogP contribution < -0.4 is 9.54 Å². The molecule has 0 radical (unpaired) electrons. The first-order chi connectivity index (χ1) is 12.5. The molecule has 0 unspecified atom stereocenters. The first kappa shape index (κ1) is 18.4. The van der Waals surface area contributed by atoms with E-state index in [0.29, 0.717) is 22.0 Å². The highest BCUT2D eigenvalue weighted by molar-refractivity contribution is 7.09. The Morgan fingerprint density at radius 3 is 2.42 bits per heavy atom. The Balaban J connectivity index is 1.97. The molecule has 0 saturated heterocycles. The van der Waals surface area contributed by atoms with Gasteiger partial charge >= 0.3 is 0 Å². The number of benzene rings is 2. The summed E-state index contributed by atoms with van der Waals surface area (Å²) in [5, 5.41) is 0.594. The molecule has 6 heteroatoms. The van der Waals surface area contributed by atoms with E-state index in [-0.39, 0.29) is 5.91 Å². The molecule has 4 nitrogen and oxygen atoms in total. The average Bonchev–Trinajstić information content (AvgIpc) is 2.90. The van der Waals surface area contributed by atoms with Crippen LogP contribution in [0.4, 0.5) is 0 Å². The van der Waals surface area contributed by atoms with E-state index in [4.69, 9.17) is 16.3 Å². The van der Waals surface area contributed by atoms with Crippen molar-refractivity contribution in [3.05, 3.63) is 68.8 Å². The predicted octanol–water partition coefficient (Wildman–Crippen LogP) is 4.86. The number of amides is 1. The van der Waals surface area contributed by atoms with Gasteiger partial charge in [-0.1, -0.05) is 11.6 Å². The highest BCUT2D eigenvalue weighted by atomic mass is 35.5. The largest absolute Gasteiger partial charge is 0.494 e. The van der Waals surface area contributed by atoms with Crippen molar-refractivity contribution in [3.63, 3.8) is 0 Å². The number of hydrogen-bond acceptors (Lipinski definition) is 3. The number of thiazole rings is 1. The van der Waals surface area contributed by atoms with Gasteiger partial charge in [0.25, 0.3) is 5.91 Å². The van der Waals surface area contributed by atoms with Gasteiger partial charge < -0.3 is 9.30 Å². The number of hydrogen-bond donors (Lipinski definition) is 0. The standard InChI is InChI=1S/C20H19ClN2O2S/c1-4-25-17-11-7-14(8-12-17)18-13(2)26-20(23(18)3)22-19(24)15-5-9-16(21)10-6-15/h5-12H,4H2,1-3H3. The van der Waals surface area contributed by atoms with Crippen molar-refractivity contribution >= 4 is 28.8 Å². The molecule has 26 heavy (non-hydrogen) atoms. The second-order valence-electron chi connectivity index (χ2n) is 5.73. The van der Waals surface area contributed by atoms with Crippen molar-refractivity contribution in [2.45, 2.75) is 13.8 Å². The first-order valence-electron chi connectivity index (χ1n) is 8.24. The molecule has 1 aromatic heterocycles. The van der Waals surface area contributed by atoms with E-state index < -0.39 is 0 Å². The molecule has 0 aliphatic heterocycles. The van der Waals surface area contributed by atoms with Gasteiger partial charge in [0.2, 0.25) is 0 Å². The second kappa shape index (κ2) is 7.89. The molecule has 0 N–H and O–H groups in total. The summed E-state index contributed by atoms with van der Waals surface area (Å²) in [5.74, 6) is 0.561. The van der Waals surface area contributed by atoms with Gasteiger partial charge in [-0.05, 0) is 67.9 Å². The zero-order valence-corrected chi connectivity index (χ0v) is 16.4. The Morgan fingerprint density at radius 2 is 1.81 bits per heavy atom. The minimum absolute atomic E-state index is 0.281. The number of aryl methyl sites for hydroxylation is 1. The van der Waals surface area contributed by atoms with Crippen molar-refractivity contribution in [1.29, 1.82) is 0 Å². The molecular weight excluding hydrogens is 368 g/mol. The van der Waals surface area contributed by atoms with Gasteiger partial charge in [0.05, 0.1) is 12.3 Å². The van der Waals surface area contributed by atoms with E-state index in [1.54, 1.807) is 24.3 Å². The molecule has 0 bridgehead atoms. The molecule has 2 aromatic carbocycles. The Hall–Kier alpha value is -2.37. The quantitative estimate of drug-likeness (QED) is 0.643. The van der Waals surface area contributed by atoms with Gasteiger partial charge in [-0.25, -0.2) is 0 Å². The highest BCUT2D eigenvalue weighted by Crippen LogP contribution is 2.26. The zero-order valence-electron chi connectivity index (χ0n) is 14.8. The molecule has 134 valence electrons. The number of ether oxygens (including phenoxy) is 1. The molecule has 0 spiro atoms. The number of aromatic nitrogens is 1. The monoisotopic (exact) mass is 386 g/mol. The number of rotatable bonds is 4.